The standard InChI is InChI=1S/C22H24F3N3O3S/c1-3-16-6-4-5-7-21(16)32(29,30)27-10-11-28(19(14-27)15-31-2)18-9-8-17(13-26)20(12-18)22(23,24)25/h4-9,12,19H,3,10-11,14-15H2,1-2H3. The van der Waals surface area contributed by atoms with E-state index in [9.17, 15) is 21.6 Å². The molecule has 2 aromatic rings. The first-order valence-corrected chi connectivity index (χ1v) is 11.5. The van der Waals surface area contributed by atoms with Gasteiger partial charge in [0.25, 0.3) is 0 Å². The fourth-order valence-corrected chi connectivity index (χ4v) is 5.71. The predicted molar refractivity (Wildman–Crippen MR) is 114 cm³/mol. The number of methoxy groups -OCH3 is 1. The molecule has 0 spiro atoms. The number of alkyl halides is 3. The zero-order valence-corrected chi connectivity index (χ0v) is 18.6. The van der Waals surface area contributed by atoms with E-state index in [4.69, 9.17) is 10.00 Å². The second kappa shape index (κ2) is 9.48. The van der Waals surface area contributed by atoms with Crippen molar-refractivity contribution in [1.29, 1.82) is 5.26 Å². The van der Waals surface area contributed by atoms with Crippen LogP contribution in [-0.4, -0.2) is 52.1 Å². The van der Waals surface area contributed by atoms with Crippen molar-refractivity contribution in [2.75, 3.05) is 38.3 Å². The maximum absolute atomic E-state index is 13.4. The van der Waals surface area contributed by atoms with Gasteiger partial charge in [0.2, 0.25) is 10.0 Å². The normalized spacial score (nSPS) is 17.9. The van der Waals surface area contributed by atoms with Gasteiger partial charge in [0.1, 0.15) is 0 Å². The maximum Gasteiger partial charge on any atom is 0.417 e. The Labute approximate surface area is 185 Å². The fourth-order valence-electron chi connectivity index (χ4n) is 3.95. The van der Waals surface area contributed by atoms with Crippen molar-refractivity contribution in [3.8, 4) is 6.07 Å². The van der Waals surface area contributed by atoms with E-state index in [-0.39, 0.29) is 36.8 Å². The molecule has 0 aromatic heterocycles. The Balaban J connectivity index is 1.93. The van der Waals surface area contributed by atoms with Crippen LogP contribution in [0.2, 0.25) is 0 Å². The number of halogens is 3. The van der Waals surface area contributed by atoms with E-state index in [0.29, 0.717) is 12.0 Å². The molecule has 1 fully saturated rings. The SMILES string of the molecule is CCc1ccccc1S(=O)(=O)N1CCN(c2ccc(C#N)c(C(F)(F)F)c2)C(COC)C1. The predicted octanol–water partition coefficient (Wildman–Crippen LogP) is 3.67. The molecule has 1 atom stereocenters. The lowest BCUT2D eigenvalue weighted by atomic mass is 10.0. The monoisotopic (exact) mass is 467 g/mol. The number of nitriles is 1. The molecule has 1 aliphatic rings. The lowest BCUT2D eigenvalue weighted by molar-refractivity contribution is -0.137. The lowest BCUT2D eigenvalue weighted by Gasteiger charge is -2.42. The minimum atomic E-state index is -4.67. The van der Waals surface area contributed by atoms with Crippen molar-refractivity contribution in [2.45, 2.75) is 30.5 Å². The van der Waals surface area contributed by atoms with Crippen LogP contribution in [0.1, 0.15) is 23.6 Å². The van der Waals surface area contributed by atoms with Crippen LogP contribution >= 0.6 is 0 Å². The second-order valence-electron chi connectivity index (χ2n) is 7.47. The summed E-state index contributed by atoms with van der Waals surface area (Å²) in [6.45, 7) is 2.37. The van der Waals surface area contributed by atoms with Gasteiger partial charge in [-0.3, -0.25) is 0 Å². The van der Waals surface area contributed by atoms with Crippen LogP contribution in [0, 0.1) is 11.3 Å². The van der Waals surface area contributed by atoms with Gasteiger partial charge in [-0.1, -0.05) is 25.1 Å². The van der Waals surface area contributed by atoms with E-state index in [1.807, 2.05) is 6.92 Å². The maximum atomic E-state index is 13.4. The minimum absolute atomic E-state index is 0.0651. The first-order valence-electron chi connectivity index (χ1n) is 10.1. The van der Waals surface area contributed by atoms with Crippen LogP contribution in [0.25, 0.3) is 0 Å². The Morgan fingerprint density at radius 2 is 1.91 bits per heavy atom. The highest BCUT2D eigenvalue weighted by molar-refractivity contribution is 7.89. The average molecular weight is 468 g/mol. The highest BCUT2D eigenvalue weighted by Crippen LogP contribution is 2.35. The number of aryl methyl sites for hydroxylation is 1. The molecule has 0 radical (unpaired) electrons. The summed E-state index contributed by atoms with van der Waals surface area (Å²) in [4.78, 5) is 1.95. The summed E-state index contributed by atoms with van der Waals surface area (Å²) in [6.07, 6.45) is -4.12. The topological polar surface area (TPSA) is 73.6 Å². The smallest absolute Gasteiger partial charge is 0.383 e. The van der Waals surface area contributed by atoms with Gasteiger partial charge in [-0.15, -0.1) is 0 Å². The Morgan fingerprint density at radius 1 is 1.19 bits per heavy atom. The van der Waals surface area contributed by atoms with Gasteiger partial charge < -0.3 is 9.64 Å². The molecule has 0 saturated carbocycles. The van der Waals surface area contributed by atoms with Gasteiger partial charge in [0.05, 0.1) is 34.7 Å². The van der Waals surface area contributed by atoms with E-state index >= 15 is 0 Å². The molecule has 2 aromatic carbocycles. The Kier molecular flexibility index (Phi) is 7.12. The molecule has 6 nitrogen and oxygen atoms in total. The first kappa shape index (κ1) is 24.0. The summed E-state index contributed by atoms with van der Waals surface area (Å²) in [5.74, 6) is 0. The van der Waals surface area contributed by atoms with Gasteiger partial charge >= 0.3 is 6.18 Å². The van der Waals surface area contributed by atoms with Gasteiger partial charge in [-0.2, -0.15) is 22.7 Å². The van der Waals surface area contributed by atoms with E-state index in [1.54, 1.807) is 35.2 Å². The van der Waals surface area contributed by atoms with Crippen molar-refractivity contribution in [1.82, 2.24) is 4.31 Å². The van der Waals surface area contributed by atoms with Crippen molar-refractivity contribution in [3.63, 3.8) is 0 Å². The van der Waals surface area contributed by atoms with Crippen molar-refractivity contribution < 1.29 is 26.3 Å². The van der Waals surface area contributed by atoms with Crippen molar-refractivity contribution >= 4 is 15.7 Å². The Hall–Kier alpha value is -2.61. The van der Waals surface area contributed by atoms with Crippen LogP contribution in [0.5, 0.6) is 0 Å². The lowest BCUT2D eigenvalue weighted by Crippen LogP contribution is -2.56. The first-order chi connectivity index (χ1) is 15.1. The number of nitrogens with zero attached hydrogens (tertiary/aromatic N) is 3. The number of benzene rings is 2. The number of rotatable bonds is 6. The molecule has 32 heavy (non-hydrogen) atoms. The summed E-state index contributed by atoms with van der Waals surface area (Å²) in [5.41, 5.74) is -0.493. The molecule has 1 heterocycles. The zero-order chi connectivity index (χ0) is 23.5. The average Bonchev–Trinajstić information content (AvgIpc) is 2.78. The molecule has 1 aliphatic heterocycles. The molecule has 1 saturated heterocycles. The molecule has 0 amide bonds. The molecule has 3 rings (SSSR count). The van der Waals surface area contributed by atoms with Crippen LogP contribution in [0.4, 0.5) is 18.9 Å². The van der Waals surface area contributed by atoms with Crippen molar-refractivity contribution in [3.05, 3.63) is 59.2 Å². The summed E-state index contributed by atoms with van der Waals surface area (Å²) < 4.78 is 73.5. The molecule has 10 heteroatoms. The molecular formula is C22H24F3N3O3S. The number of sulfonamides is 1. The number of anilines is 1. The summed E-state index contributed by atoms with van der Waals surface area (Å²) in [7, 11) is -2.32. The van der Waals surface area contributed by atoms with Crippen molar-refractivity contribution in [2.24, 2.45) is 0 Å². The van der Waals surface area contributed by atoms with E-state index in [2.05, 4.69) is 0 Å². The molecule has 172 valence electrons. The molecule has 0 bridgehead atoms. The third-order valence-electron chi connectivity index (χ3n) is 5.54. The van der Waals surface area contributed by atoms with Gasteiger partial charge in [0.15, 0.2) is 0 Å². The van der Waals surface area contributed by atoms with Gasteiger partial charge in [-0.05, 0) is 36.2 Å². The molecule has 0 N–H and O–H groups in total. The number of hydrogen-bond acceptors (Lipinski definition) is 5. The van der Waals surface area contributed by atoms with Gasteiger partial charge in [-0.25, -0.2) is 8.42 Å². The molecular weight excluding hydrogens is 443 g/mol. The van der Waals surface area contributed by atoms with Crippen LogP contribution < -0.4 is 4.90 Å². The Morgan fingerprint density at radius 3 is 2.53 bits per heavy atom. The number of ether oxygens (including phenoxy) is 1. The number of piperazine rings is 1. The highest BCUT2D eigenvalue weighted by Gasteiger charge is 2.38. The fraction of sp³-hybridized carbons (Fsp3) is 0.409. The summed E-state index contributed by atoms with van der Waals surface area (Å²) in [5, 5.41) is 9.04. The van der Waals surface area contributed by atoms with Crippen LogP contribution in [0.15, 0.2) is 47.4 Å². The minimum Gasteiger partial charge on any atom is -0.383 e. The van der Waals surface area contributed by atoms with E-state index in [0.717, 1.165) is 12.1 Å². The van der Waals surface area contributed by atoms with Gasteiger partial charge in [0, 0.05) is 32.4 Å². The third kappa shape index (κ3) is 4.75. The molecule has 0 aliphatic carbocycles. The van der Waals surface area contributed by atoms with E-state index < -0.39 is 33.4 Å². The van der Waals surface area contributed by atoms with E-state index in [1.165, 1.54) is 17.5 Å². The second-order valence-corrected chi connectivity index (χ2v) is 9.37. The zero-order valence-electron chi connectivity index (χ0n) is 17.8. The third-order valence-corrected chi connectivity index (χ3v) is 7.50. The summed E-state index contributed by atoms with van der Waals surface area (Å²) in [6, 6.07) is 11.4. The largest absolute Gasteiger partial charge is 0.417 e. The number of hydrogen-bond donors (Lipinski definition) is 0. The van der Waals surface area contributed by atoms with Crippen LogP contribution in [-0.2, 0) is 27.4 Å². The Bertz CT molecular complexity index is 1110. The highest BCUT2D eigenvalue weighted by atomic mass is 32.2. The summed E-state index contributed by atoms with van der Waals surface area (Å²) >= 11 is 0. The van der Waals surface area contributed by atoms with Crippen LogP contribution in [0.3, 0.4) is 0 Å². The quantitative estimate of drug-likeness (QED) is 0.648. The molecule has 1 unspecified atom stereocenters.